The second kappa shape index (κ2) is 4.39. The van der Waals surface area contributed by atoms with Crippen LogP contribution in [0.1, 0.15) is 44.2 Å². The predicted octanol–water partition coefficient (Wildman–Crippen LogP) is 4.67. The number of rotatable bonds is 2. The molecule has 0 N–H and O–H groups in total. The second-order valence-corrected chi connectivity index (χ2v) is 8.34. The molecule has 0 aromatic carbocycles. The maximum Gasteiger partial charge on any atom is 0.125 e. The Morgan fingerprint density at radius 1 is 1.05 bits per heavy atom. The lowest BCUT2D eigenvalue weighted by atomic mass is 9.49. The first-order valence-corrected chi connectivity index (χ1v) is 9.05. The highest BCUT2D eigenvalue weighted by atomic mass is 32.1. The van der Waals surface area contributed by atoms with E-state index in [1.54, 1.807) is 11.3 Å². The molecule has 4 bridgehead atoms. The molecular weight excluding hydrogens is 276 g/mol. The van der Waals surface area contributed by atoms with Crippen molar-refractivity contribution < 1.29 is 0 Å². The Hall–Kier alpha value is -1.22. The van der Waals surface area contributed by atoms with Crippen LogP contribution >= 0.6 is 11.3 Å². The van der Waals surface area contributed by atoms with Gasteiger partial charge in [-0.1, -0.05) is 0 Å². The molecule has 2 nitrogen and oxygen atoms in total. The molecule has 108 valence electrons. The summed E-state index contributed by atoms with van der Waals surface area (Å²) in [5.41, 5.74) is 2.98. The van der Waals surface area contributed by atoms with E-state index in [2.05, 4.69) is 16.4 Å². The molecule has 3 heteroatoms. The SMILES string of the molecule is c1cncc(-c2nc(C34CC5CC(CC(C5)C3)C4)cs2)c1. The Bertz CT molecular complexity index is 626. The summed E-state index contributed by atoms with van der Waals surface area (Å²) in [4.78, 5) is 9.28. The van der Waals surface area contributed by atoms with Gasteiger partial charge in [-0.25, -0.2) is 4.98 Å². The summed E-state index contributed by atoms with van der Waals surface area (Å²) in [6.45, 7) is 0. The van der Waals surface area contributed by atoms with Crippen LogP contribution in [0.4, 0.5) is 0 Å². The molecule has 2 heterocycles. The van der Waals surface area contributed by atoms with Crippen LogP contribution in [0, 0.1) is 17.8 Å². The normalized spacial score (nSPS) is 37.0. The lowest BCUT2D eigenvalue weighted by Crippen LogP contribution is -2.48. The van der Waals surface area contributed by atoms with Crippen molar-refractivity contribution in [2.75, 3.05) is 0 Å². The molecule has 0 unspecified atom stereocenters. The summed E-state index contributed by atoms with van der Waals surface area (Å²) in [5.74, 6) is 2.96. The Morgan fingerprint density at radius 2 is 1.76 bits per heavy atom. The van der Waals surface area contributed by atoms with Gasteiger partial charge in [0.2, 0.25) is 0 Å². The monoisotopic (exact) mass is 296 g/mol. The number of aromatic nitrogens is 2. The largest absolute Gasteiger partial charge is 0.264 e. The van der Waals surface area contributed by atoms with Crippen molar-refractivity contribution in [1.29, 1.82) is 0 Å². The molecule has 4 aliphatic carbocycles. The zero-order valence-corrected chi connectivity index (χ0v) is 13.0. The van der Waals surface area contributed by atoms with E-state index >= 15 is 0 Å². The van der Waals surface area contributed by atoms with E-state index in [9.17, 15) is 0 Å². The number of thiazole rings is 1. The van der Waals surface area contributed by atoms with E-state index in [4.69, 9.17) is 4.98 Å². The van der Waals surface area contributed by atoms with Crippen LogP contribution in [-0.4, -0.2) is 9.97 Å². The summed E-state index contributed by atoms with van der Waals surface area (Å²) in [6, 6.07) is 4.12. The smallest absolute Gasteiger partial charge is 0.125 e. The number of nitrogens with zero attached hydrogens (tertiary/aromatic N) is 2. The fourth-order valence-electron chi connectivity index (χ4n) is 5.56. The van der Waals surface area contributed by atoms with Gasteiger partial charge in [0, 0.05) is 28.8 Å². The third kappa shape index (κ3) is 1.90. The third-order valence-corrected chi connectivity index (χ3v) is 6.89. The highest BCUT2D eigenvalue weighted by Gasteiger charge is 2.52. The molecule has 0 spiro atoms. The van der Waals surface area contributed by atoms with Gasteiger partial charge in [-0.05, 0) is 68.4 Å². The van der Waals surface area contributed by atoms with E-state index < -0.39 is 0 Å². The molecule has 21 heavy (non-hydrogen) atoms. The summed E-state index contributed by atoms with van der Waals surface area (Å²) in [6.07, 6.45) is 12.5. The Balaban J connectivity index is 1.52. The van der Waals surface area contributed by atoms with Crippen LogP contribution in [0.2, 0.25) is 0 Å². The van der Waals surface area contributed by atoms with Crippen LogP contribution in [-0.2, 0) is 5.41 Å². The first kappa shape index (κ1) is 12.3. The fourth-order valence-corrected chi connectivity index (χ4v) is 6.50. The predicted molar refractivity (Wildman–Crippen MR) is 85.2 cm³/mol. The Morgan fingerprint density at radius 3 is 2.38 bits per heavy atom. The van der Waals surface area contributed by atoms with Gasteiger partial charge in [-0.15, -0.1) is 11.3 Å². The minimum absolute atomic E-state index is 0.422. The standard InChI is InChI=1S/C18H20N2S/c1-2-15(10-19-3-1)17-20-16(11-21-17)18-7-12-4-13(8-18)6-14(5-12)9-18/h1-3,10-14H,4-9H2. The van der Waals surface area contributed by atoms with Crippen LogP contribution in [0.3, 0.4) is 0 Å². The Labute approximate surface area is 129 Å². The van der Waals surface area contributed by atoms with Gasteiger partial charge in [-0.2, -0.15) is 0 Å². The van der Waals surface area contributed by atoms with Crippen LogP contribution in [0.15, 0.2) is 29.9 Å². The van der Waals surface area contributed by atoms with Crippen LogP contribution in [0.5, 0.6) is 0 Å². The minimum atomic E-state index is 0.422. The molecule has 0 saturated heterocycles. The van der Waals surface area contributed by atoms with Gasteiger partial charge in [0.1, 0.15) is 5.01 Å². The van der Waals surface area contributed by atoms with Gasteiger partial charge >= 0.3 is 0 Å². The molecular formula is C18H20N2S. The molecule has 0 amide bonds. The maximum atomic E-state index is 5.05. The number of pyridine rings is 1. The van der Waals surface area contributed by atoms with Gasteiger partial charge in [0.05, 0.1) is 5.69 Å². The van der Waals surface area contributed by atoms with Crippen molar-refractivity contribution in [2.45, 2.75) is 43.9 Å². The lowest BCUT2D eigenvalue weighted by molar-refractivity contribution is -0.00689. The lowest BCUT2D eigenvalue weighted by Gasteiger charge is -2.56. The van der Waals surface area contributed by atoms with Crippen molar-refractivity contribution in [3.63, 3.8) is 0 Å². The number of hydrogen-bond donors (Lipinski definition) is 0. The highest BCUT2D eigenvalue weighted by Crippen LogP contribution is 2.60. The fraction of sp³-hybridized carbons (Fsp3) is 0.556. The van der Waals surface area contributed by atoms with Gasteiger partial charge < -0.3 is 0 Å². The third-order valence-electron chi connectivity index (χ3n) is 5.99. The average Bonchev–Trinajstić information content (AvgIpc) is 2.97. The zero-order chi connectivity index (χ0) is 13.9. The number of hydrogen-bond acceptors (Lipinski definition) is 3. The van der Waals surface area contributed by atoms with Crippen molar-refractivity contribution in [2.24, 2.45) is 17.8 Å². The van der Waals surface area contributed by atoms with E-state index in [-0.39, 0.29) is 0 Å². The van der Waals surface area contributed by atoms with Gasteiger partial charge in [0.15, 0.2) is 0 Å². The quantitative estimate of drug-likeness (QED) is 0.804. The molecule has 4 fully saturated rings. The summed E-state index contributed by atoms with van der Waals surface area (Å²) >= 11 is 1.80. The van der Waals surface area contributed by atoms with Crippen molar-refractivity contribution >= 4 is 11.3 Å². The molecule has 0 aliphatic heterocycles. The Kier molecular flexibility index (Phi) is 2.58. The van der Waals surface area contributed by atoms with Crippen molar-refractivity contribution in [3.8, 4) is 10.6 Å². The zero-order valence-electron chi connectivity index (χ0n) is 12.2. The molecule has 6 rings (SSSR count). The average molecular weight is 296 g/mol. The van der Waals surface area contributed by atoms with E-state index in [1.165, 1.54) is 49.8 Å². The first-order valence-electron chi connectivity index (χ1n) is 8.17. The van der Waals surface area contributed by atoms with E-state index in [0.29, 0.717) is 5.41 Å². The van der Waals surface area contributed by atoms with Gasteiger partial charge in [-0.3, -0.25) is 4.98 Å². The first-order chi connectivity index (χ1) is 10.3. The molecule has 4 aliphatic rings. The summed E-state index contributed by atoms with van der Waals surface area (Å²) in [5, 5.41) is 3.49. The summed E-state index contributed by atoms with van der Waals surface area (Å²) < 4.78 is 0. The summed E-state index contributed by atoms with van der Waals surface area (Å²) in [7, 11) is 0. The molecule has 2 aromatic heterocycles. The maximum absolute atomic E-state index is 5.05. The van der Waals surface area contributed by atoms with Crippen LogP contribution < -0.4 is 0 Å². The molecule has 4 saturated carbocycles. The van der Waals surface area contributed by atoms with E-state index in [1.807, 2.05) is 18.5 Å². The molecule has 0 radical (unpaired) electrons. The minimum Gasteiger partial charge on any atom is -0.264 e. The molecule has 2 aromatic rings. The van der Waals surface area contributed by atoms with Crippen molar-refractivity contribution in [3.05, 3.63) is 35.6 Å². The second-order valence-electron chi connectivity index (χ2n) is 7.48. The van der Waals surface area contributed by atoms with E-state index in [0.717, 1.165) is 22.8 Å². The highest BCUT2D eigenvalue weighted by molar-refractivity contribution is 7.13. The van der Waals surface area contributed by atoms with Crippen LogP contribution in [0.25, 0.3) is 10.6 Å². The van der Waals surface area contributed by atoms with Crippen molar-refractivity contribution in [1.82, 2.24) is 9.97 Å². The molecule has 0 atom stereocenters. The van der Waals surface area contributed by atoms with Gasteiger partial charge in [0.25, 0.3) is 0 Å². The topological polar surface area (TPSA) is 25.8 Å².